The average molecular weight is 261 g/mol. The molecule has 0 saturated carbocycles. The third-order valence-electron chi connectivity index (χ3n) is 2.40. The number of rotatable bonds is 4. The van der Waals surface area contributed by atoms with Gasteiger partial charge in [0, 0.05) is 11.2 Å². The molecule has 1 rings (SSSR count). The second kappa shape index (κ2) is 5.15. The molecule has 0 radical (unpaired) electrons. The summed E-state index contributed by atoms with van der Waals surface area (Å²) in [7, 11) is 0. The summed E-state index contributed by atoms with van der Waals surface area (Å²) >= 11 is 12.2. The summed E-state index contributed by atoms with van der Waals surface area (Å²) in [6.45, 7) is 6.40. The van der Waals surface area contributed by atoms with Crippen molar-refractivity contribution in [2.24, 2.45) is 0 Å². The number of nitrogens with one attached hydrogen (secondary N) is 1. The molecule has 0 aliphatic carbocycles. The summed E-state index contributed by atoms with van der Waals surface area (Å²) in [6, 6.07) is 3.41. The summed E-state index contributed by atoms with van der Waals surface area (Å²) in [5.74, 6) is 0. The van der Waals surface area contributed by atoms with E-state index >= 15 is 0 Å². The van der Waals surface area contributed by atoms with Crippen molar-refractivity contribution in [1.29, 1.82) is 0 Å². The molecule has 16 heavy (non-hydrogen) atoms. The van der Waals surface area contributed by atoms with E-state index in [1.807, 2.05) is 0 Å². The van der Waals surface area contributed by atoms with E-state index < -0.39 is 0 Å². The van der Waals surface area contributed by atoms with E-state index in [1.54, 1.807) is 12.1 Å². The van der Waals surface area contributed by atoms with Gasteiger partial charge >= 0.3 is 0 Å². The minimum atomic E-state index is -0.0296. The highest BCUT2D eigenvalue weighted by molar-refractivity contribution is 6.39. The van der Waals surface area contributed by atoms with Gasteiger partial charge in [0.2, 0.25) is 0 Å². The van der Waals surface area contributed by atoms with Crippen molar-refractivity contribution in [3.05, 3.63) is 22.2 Å². The monoisotopic (exact) mass is 260 g/mol. The van der Waals surface area contributed by atoms with Crippen LogP contribution in [-0.2, 0) is 0 Å². The number of halogens is 2. The zero-order valence-electron chi connectivity index (χ0n) is 9.90. The molecule has 90 valence electrons. The molecule has 0 saturated heterocycles. The van der Waals surface area contributed by atoms with Gasteiger partial charge in [-0.15, -0.1) is 0 Å². The molecule has 0 bridgehead atoms. The third kappa shape index (κ3) is 3.46. The van der Waals surface area contributed by atoms with Crippen molar-refractivity contribution >= 4 is 34.6 Å². The first kappa shape index (κ1) is 13.5. The van der Waals surface area contributed by atoms with Gasteiger partial charge in [0.25, 0.3) is 0 Å². The van der Waals surface area contributed by atoms with Crippen LogP contribution in [0.3, 0.4) is 0 Å². The van der Waals surface area contributed by atoms with Crippen LogP contribution in [0.25, 0.3) is 0 Å². The molecule has 0 aliphatic heterocycles. The van der Waals surface area contributed by atoms with Crippen LogP contribution in [0.2, 0.25) is 10.0 Å². The lowest BCUT2D eigenvalue weighted by Gasteiger charge is -2.28. The van der Waals surface area contributed by atoms with Crippen LogP contribution in [0.1, 0.15) is 33.6 Å². The van der Waals surface area contributed by atoms with E-state index in [-0.39, 0.29) is 5.54 Å². The second-order valence-corrected chi connectivity index (χ2v) is 5.43. The highest BCUT2D eigenvalue weighted by Crippen LogP contribution is 2.35. The molecule has 1 aromatic rings. The van der Waals surface area contributed by atoms with Crippen LogP contribution in [0.4, 0.5) is 11.4 Å². The lowest BCUT2D eigenvalue weighted by atomic mass is 9.98. The van der Waals surface area contributed by atoms with Gasteiger partial charge in [-0.3, -0.25) is 0 Å². The largest absolute Gasteiger partial charge is 0.399 e. The molecule has 0 amide bonds. The van der Waals surface area contributed by atoms with Crippen LogP contribution in [0, 0.1) is 0 Å². The normalized spacial score (nSPS) is 11.6. The fourth-order valence-corrected chi connectivity index (χ4v) is 2.34. The minimum Gasteiger partial charge on any atom is -0.399 e. The SMILES string of the molecule is CCCC(C)(C)Nc1c(Cl)cc(N)cc1Cl. The van der Waals surface area contributed by atoms with Crippen molar-refractivity contribution in [2.45, 2.75) is 39.2 Å². The summed E-state index contributed by atoms with van der Waals surface area (Å²) < 4.78 is 0. The van der Waals surface area contributed by atoms with Crippen LogP contribution in [0.15, 0.2) is 12.1 Å². The Labute approximate surface area is 107 Å². The summed E-state index contributed by atoms with van der Waals surface area (Å²) in [5, 5.41) is 4.49. The summed E-state index contributed by atoms with van der Waals surface area (Å²) in [6.07, 6.45) is 2.15. The maximum absolute atomic E-state index is 6.11. The molecule has 0 spiro atoms. The lowest BCUT2D eigenvalue weighted by molar-refractivity contribution is 0.511. The zero-order valence-corrected chi connectivity index (χ0v) is 11.4. The van der Waals surface area contributed by atoms with Gasteiger partial charge in [-0.25, -0.2) is 0 Å². The van der Waals surface area contributed by atoms with Gasteiger partial charge in [0.05, 0.1) is 15.7 Å². The maximum atomic E-state index is 6.11. The van der Waals surface area contributed by atoms with Crippen molar-refractivity contribution in [2.75, 3.05) is 11.1 Å². The summed E-state index contributed by atoms with van der Waals surface area (Å²) in [4.78, 5) is 0. The average Bonchev–Trinajstić information content (AvgIpc) is 2.11. The Morgan fingerprint density at radius 1 is 1.25 bits per heavy atom. The predicted octanol–water partition coefficient (Wildman–Crippen LogP) is 4.57. The topological polar surface area (TPSA) is 38.0 Å². The van der Waals surface area contributed by atoms with Gasteiger partial charge in [-0.1, -0.05) is 36.5 Å². The van der Waals surface area contributed by atoms with Gasteiger partial charge in [-0.05, 0) is 32.4 Å². The van der Waals surface area contributed by atoms with Crippen molar-refractivity contribution in [1.82, 2.24) is 0 Å². The Kier molecular flexibility index (Phi) is 4.34. The first-order chi connectivity index (χ1) is 7.35. The number of hydrogen-bond donors (Lipinski definition) is 2. The fourth-order valence-electron chi connectivity index (χ4n) is 1.74. The minimum absolute atomic E-state index is 0.0296. The molecule has 0 aromatic heterocycles. The molecule has 3 N–H and O–H groups in total. The van der Waals surface area contributed by atoms with E-state index in [0.29, 0.717) is 15.7 Å². The van der Waals surface area contributed by atoms with Crippen molar-refractivity contribution in [3.8, 4) is 0 Å². The number of nitrogens with two attached hydrogens (primary N) is 1. The number of nitrogen functional groups attached to an aromatic ring is 1. The Morgan fingerprint density at radius 3 is 2.19 bits per heavy atom. The molecule has 0 atom stereocenters. The quantitative estimate of drug-likeness (QED) is 0.779. The Balaban J connectivity index is 2.97. The lowest BCUT2D eigenvalue weighted by Crippen LogP contribution is -2.30. The van der Waals surface area contributed by atoms with Crippen molar-refractivity contribution < 1.29 is 0 Å². The molecule has 0 heterocycles. The molecule has 0 unspecified atom stereocenters. The van der Waals surface area contributed by atoms with Crippen LogP contribution < -0.4 is 11.1 Å². The van der Waals surface area contributed by atoms with E-state index in [2.05, 4.69) is 26.1 Å². The van der Waals surface area contributed by atoms with Gasteiger partial charge in [-0.2, -0.15) is 0 Å². The van der Waals surface area contributed by atoms with E-state index in [4.69, 9.17) is 28.9 Å². The molecular weight excluding hydrogens is 243 g/mol. The number of anilines is 2. The Morgan fingerprint density at radius 2 is 1.75 bits per heavy atom. The molecule has 1 aromatic carbocycles. The predicted molar refractivity (Wildman–Crippen MR) is 73.5 cm³/mol. The summed E-state index contributed by atoms with van der Waals surface area (Å²) in [5.41, 5.74) is 6.96. The van der Waals surface area contributed by atoms with Gasteiger partial charge in [0.1, 0.15) is 0 Å². The van der Waals surface area contributed by atoms with E-state index in [9.17, 15) is 0 Å². The fraction of sp³-hybridized carbons (Fsp3) is 0.500. The first-order valence-electron chi connectivity index (χ1n) is 5.38. The number of benzene rings is 1. The number of hydrogen-bond acceptors (Lipinski definition) is 2. The van der Waals surface area contributed by atoms with Crippen molar-refractivity contribution in [3.63, 3.8) is 0 Å². The molecular formula is C12H18Cl2N2. The van der Waals surface area contributed by atoms with E-state index in [1.165, 1.54) is 0 Å². The van der Waals surface area contributed by atoms with Gasteiger partial charge < -0.3 is 11.1 Å². The van der Waals surface area contributed by atoms with Gasteiger partial charge in [0.15, 0.2) is 0 Å². The second-order valence-electron chi connectivity index (χ2n) is 4.62. The highest BCUT2D eigenvalue weighted by Gasteiger charge is 2.19. The molecule has 4 heteroatoms. The van der Waals surface area contributed by atoms with Crippen LogP contribution in [0.5, 0.6) is 0 Å². The maximum Gasteiger partial charge on any atom is 0.0724 e. The smallest absolute Gasteiger partial charge is 0.0724 e. The van der Waals surface area contributed by atoms with Crippen LogP contribution >= 0.6 is 23.2 Å². The Hall–Kier alpha value is -0.600. The molecule has 0 aliphatic rings. The third-order valence-corrected chi connectivity index (χ3v) is 3.00. The standard InChI is InChI=1S/C12H18Cl2N2/c1-4-5-12(2,3)16-11-9(13)6-8(15)7-10(11)14/h6-7,16H,4-5,15H2,1-3H3. The highest BCUT2D eigenvalue weighted by atomic mass is 35.5. The van der Waals surface area contributed by atoms with Crippen LogP contribution in [-0.4, -0.2) is 5.54 Å². The zero-order chi connectivity index (χ0) is 12.3. The molecule has 2 nitrogen and oxygen atoms in total. The Bertz CT molecular complexity index is 352. The van der Waals surface area contributed by atoms with E-state index in [0.717, 1.165) is 18.5 Å². The molecule has 0 fully saturated rings. The first-order valence-corrected chi connectivity index (χ1v) is 6.14.